The molecule has 1 heterocycles. The van der Waals surface area contributed by atoms with Crippen molar-refractivity contribution in [1.29, 1.82) is 0 Å². The zero-order chi connectivity index (χ0) is 24.2. The predicted molar refractivity (Wildman–Crippen MR) is 129 cm³/mol. The monoisotopic (exact) mass is 514 g/mol. The molecule has 33 heavy (non-hydrogen) atoms. The maximum atomic E-state index is 12.9. The summed E-state index contributed by atoms with van der Waals surface area (Å²) in [5.41, 5.74) is 1.39. The van der Waals surface area contributed by atoms with Crippen molar-refractivity contribution < 1.29 is 22.7 Å². The summed E-state index contributed by atoms with van der Waals surface area (Å²) in [6, 6.07) is 10.1. The maximum absolute atomic E-state index is 12.9. The minimum absolute atomic E-state index is 0.0879. The van der Waals surface area contributed by atoms with Crippen molar-refractivity contribution >= 4 is 39.1 Å². The van der Waals surface area contributed by atoms with E-state index in [9.17, 15) is 13.2 Å². The van der Waals surface area contributed by atoms with Crippen molar-refractivity contribution in [3.05, 3.63) is 57.6 Å². The minimum Gasteiger partial charge on any atom is -0.493 e. The average Bonchev–Trinajstić information content (AvgIpc) is 2.80. The predicted octanol–water partition coefficient (Wildman–Crippen LogP) is 4.43. The first-order chi connectivity index (χ1) is 15.6. The molecule has 3 rings (SSSR count). The molecular formula is C23H28Cl2N2O5S. The van der Waals surface area contributed by atoms with Gasteiger partial charge in [0.2, 0.25) is 15.9 Å². The topological polar surface area (TPSA) is 84.9 Å². The van der Waals surface area contributed by atoms with Crippen molar-refractivity contribution in [2.75, 3.05) is 27.3 Å². The summed E-state index contributed by atoms with van der Waals surface area (Å²) in [5.74, 6) is 0.674. The van der Waals surface area contributed by atoms with E-state index in [1.807, 2.05) is 19.1 Å². The van der Waals surface area contributed by atoms with Crippen LogP contribution in [-0.2, 0) is 20.6 Å². The average molecular weight is 515 g/mol. The van der Waals surface area contributed by atoms with Crippen molar-refractivity contribution in [3.8, 4) is 11.5 Å². The summed E-state index contributed by atoms with van der Waals surface area (Å²) in [7, 11) is -0.421. The van der Waals surface area contributed by atoms with E-state index in [1.165, 1.54) is 10.4 Å². The zero-order valence-corrected chi connectivity index (χ0v) is 21.1. The van der Waals surface area contributed by atoms with Gasteiger partial charge in [0.25, 0.3) is 0 Å². The van der Waals surface area contributed by atoms with Crippen LogP contribution in [0.3, 0.4) is 0 Å². The Labute approximate surface area is 205 Å². The Balaban J connectivity index is 1.57. The molecule has 1 aliphatic rings. The number of ether oxygens (including phenoxy) is 2. The summed E-state index contributed by atoms with van der Waals surface area (Å²) in [6.45, 7) is 2.47. The van der Waals surface area contributed by atoms with E-state index in [2.05, 4.69) is 5.32 Å². The molecule has 2 aromatic rings. The largest absolute Gasteiger partial charge is 0.493 e. The Morgan fingerprint density at radius 3 is 2.36 bits per heavy atom. The molecule has 1 fully saturated rings. The molecule has 180 valence electrons. The number of carbonyl (C=O) groups excluding carboxylic acids is 1. The number of methoxy groups -OCH3 is 2. The summed E-state index contributed by atoms with van der Waals surface area (Å²) in [5, 5.41) is 3.81. The number of benzene rings is 2. The van der Waals surface area contributed by atoms with Gasteiger partial charge in [0.15, 0.2) is 11.5 Å². The number of amides is 1. The van der Waals surface area contributed by atoms with E-state index in [0.717, 1.165) is 5.56 Å². The van der Waals surface area contributed by atoms with E-state index in [4.69, 9.17) is 32.7 Å². The number of piperidine rings is 1. The fourth-order valence-electron chi connectivity index (χ4n) is 3.86. The van der Waals surface area contributed by atoms with Gasteiger partial charge in [-0.15, -0.1) is 0 Å². The van der Waals surface area contributed by atoms with Crippen LogP contribution >= 0.6 is 23.2 Å². The quantitative estimate of drug-likeness (QED) is 0.563. The number of hydrogen-bond donors (Lipinski definition) is 1. The van der Waals surface area contributed by atoms with Crippen molar-refractivity contribution in [1.82, 2.24) is 9.62 Å². The van der Waals surface area contributed by atoms with Crippen LogP contribution in [0.2, 0.25) is 10.0 Å². The van der Waals surface area contributed by atoms with Crippen molar-refractivity contribution in [3.63, 3.8) is 0 Å². The molecule has 0 aliphatic carbocycles. The molecular weight excluding hydrogens is 487 g/mol. The third-order valence-electron chi connectivity index (χ3n) is 5.84. The molecule has 0 unspecified atom stereocenters. The number of rotatable bonds is 8. The summed E-state index contributed by atoms with van der Waals surface area (Å²) in [6.07, 6.45) is 0.913. The number of sulfonamides is 1. The first kappa shape index (κ1) is 25.6. The summed E-state index contributed by atoms with van der Waals surface area (Å²) in [4.78, 5) is 12.8. The van der Waals surface area contributed by atoms with Gasteiger partial charge in [-0.25, -0.2) is 12.7 Å². The molecule has 0 bridgehead atoms. The first-order valence-electron chi connectivity index (χ1n) is 10.6. The lowest BCUT2D eigenvalue weighted by Crippen LogP contribution is -2.43. The number of hydrogen-bond acceptors (Lipinski definition) is 5. The maximum Gasteiger partial charge on any atom is 0.223 e. The fourth-order valence-corrected chi connectivity index (χ4v) is 6.01. The second-order valence-corrected chi connectivity index (χ2v) is 10.8. The van der Waals surface area contributed by atoms with Crippen LogP contribution in [0, 0.1) is 5.92 Å². The van der Waals surface area contributed by atoms with Crippen LogP contribution in [0.25, 0.3) is 0 Å². The number of nitrogens with one attached hydrogen (secondary N) is 1. The van der Waals surface area contributed by atoms with Gasteiger partial charge >= 0.3 is 0 Å². The molecule has 0 radical (unpaired) electrons. The highest BCUT2D eigenvalue weighted by Crippen LogP contribution is 2.31. The molecule has 2 aromatic carbocycles. The molecule has 0 aromatic heterocycles. The van der Waals surface area contributed by atoms with Gasteiger partial charge in [-0.1, -0.05) is 35.3 Å². The van der Waals surface area contributed by atoms with Gasteiger partial charge in [-0.05, 0) is 55.2 Å². The molecule has 1 aliphatic heterocycles. The van der Waals surface area contributed by atoms with Crippen LogP contribution in [0.15, 0.2) is 36.4 Å². The van der Waals surface area contributed by atoms with Gasteiger partial charge in [-0.3, -0.25) is 4.79 Å². The molecule has 0 spiro atoms. The Kier molecular flexibility index (Phi) is 8.50. The van der Waals surface area contributed by atoms with Crippen molar-refractivity contribution in [2.24, 2.45) is 5.92 Å². The molecule has 1 N–H and O–H groups in total. The van der Waals surface area contributed by atoms with Crippen molar-refractivity contribution in [2.45, 2.75) is 31.6 Å². The van der Waals surface area contributed by atoms with Gasteiger partial charge in [0.1, 0.15) is 0 Å². The molecule has 7 nitrogen and oxygen atoms in total. The minimum atomic E-state index is -3.55. The number of carbonyl (C=O) groups is 1. The Hall–Kier alpha value is -2.00. The highest BCUT2D eigenvalue weighted by molar-refractivity contribution is 7.88. The molecule has 0 saturated carbocycles. The third-order valence-corrected chi connectivity index (χ3v) is 8.25. The van der Waals surface area contributed by atoms with Crippen LogP contribution in [-0.4, -0.2) is 45.9 Å². The molecule has 1 amide bonds. The molecule has 1 atom stereocenters. The van der Waals surface area contributed by atoms with Gasteiger partial charge in [-0.2, -0.15) is 0 Å². The Bertz CT molecular complexity index is 1100. The number of halogens is 2. The lowest BCUT2D eigenvalue weighted by Gasteiger charge is -2.31. The van der Waals surface area contributed by atoms with Gasteiger partial charge < -0.3 is 14.8 Å². The third kappa shape index (κ3) is 6.32. The van der Waals surface area contributed by atoms with E-state index < -0.39 is 10.0 Å². The smallest absolute Gasteiger partial charge is 0.223 e. The summed E-state index contributed by atoms with van der Waals surface area (Å²) >= 11 is 12.0. The van der Waals surface area contributed by atoms with E-state index in [1.54, 1.807) is 32.4 Å². The van der Waals surface area contributed by atoms with Gasteiger partial charge in [0.05, 0.1) is 26.0 Å². The summed E-state index contributed by atoms with van der Waals surface area (Å²) < 4.78 is 37.7. The standard InChI is InChI=1S/C23H28Cl2N2O5S/c1-15(17-5-7-21(31-2)22(12-17)32-3)26-23(28)16-8-10-27(11-9-16)33(29,30)14-18-4-6-19(24)13-20(18)25/h4-7,12-13,15-16H,8-11,14H2,1-3H3,(H,26,28)/t15-/m1/s1. The second kappa shape index (κ2) is 11.0. The Morgan fingerprint density at radius 1 is 1.09 bits per heavy atom. The fraction of sp³-hybridized carbons (Fsp3) is 0.435. The number of nitrogens with zero attached hydrogens (tertiary/aromatic N) is 1. The van der Waals surface area contributed by atoms with E-state index in [0.29, 0.717) is 39.9 Å². The highest BCUT2D eigenvalue weighted by atomic mass is 35.5. The van der Waals surface area contributed by atoms with Gasteiger partial charge in [0, 0.05) is 29.1 Å². The van der Waals surface area contributed by atoms with Crippen LogP contribution < -0.4 is 14.8 Å². The highest BCUT2D eigenvalue weighted by Gasteiger charge is 2.32. The van der Waals surface area contributed by atoms with E-state index >= 15 is 0 Å². The first-order valence-corrected chi connectivity index (χ1v) is 12.9. The normalized spacial score (nSPS) is 16.3. The zero-order valence-electron chi connectivity index (χ0n) is 18.8. The second-order valence-electron chi connectivity index (χ2n) is 8.01. The SMILES string of the molecule is COc1ccc([C@@H](C)NC(=O)C2CCN(S(=O)(=O)Cc3ccc(Cl)cc3Cl)CC2)cc1OC. The van der Waals surface area contributed by atoms with Crippen LogP contribution in [0.1, 0.15) is 36.9 Å². The van der Waals surface area contributed by atoms with Crippen LogP contribution in [0.4, 0.5) is 0 Å². The molecule has 1 saturated heterocycles. The Morgan fingerprint density at radius 2 is 1.76 bits per heavy atom. The van der Waals surface area contributed by atoms with E-state index in [-0.39, 0.29) is 36.7 Å². The lowest BCUT2D eigenvalue weighted by atomic mass is 9.96. The molecule has 10 heteroatoms. The lowest BCUT2D eigenvalue weighted by molar-refractivity contribution is -0.126. The van der Waals surface area contributed by atoms with Crippen LogP contribution in [0.5, 0.6) is 11.5 Å².